The van der Waals surface area contributed by atoms with Crippen molar-refractivity contribution in [2.45, 2.75) is 44.1 Å². The smallest absolute Gasteiger partial charge is 0.236 e. The van der Waals surface area contributed by atoms with E-state index in [0.29, 0.717) is 18.5 Å². The van der Waals surface area contributed by atoms with Gasteiger partial charge in [0.15, 0.2) is 0 Å². The Morgan fingerprint density at radius 2 is 1.81 bits per heavy atom. The summed E-state index contributed by atoms with van der Waals surface area (Å²) in [6, 6.07) is 10.8. The Bertz CT molecular complexity index is 691. The Balaban J connectivity index is 1.49. The number of likely N-dealkylation sites (tertiary alicyclic amines) is 2. The van der Waals surface area contributed by atoms with Crippen LogP contribution in [0.15, 0.2) is 30.3 Å². The molecule has 3 aliphatic rings. The zero-order valence-electron chi connectivity index (χ0n) is 16.6. The maximum atomic E-state index is 13.2. The van der Waals surface area contributed by atoms with Gasteiger partial charge >= 0.3 is 0 Å². The van der Waals surface area contributed by atoms with E-state index in [1.165, 1.54) is 0 Å². The predicted molar refractivity (Wildman–Crippen MR) is 105 cm³/mol. The van der Waals surface area contributed by atoms with Crippen LogP contribution in [0.3, 0.4) is 0 Å². The van der Waals surface area contributed by atoms with Gasteiger partial charge in [0.05, 0.1) is 12.5 Å². The lowest BCUT2D eigenvalue weighted by atomic mass is 9.67. The Morgan fingerprint density at radius 3 is 2.41 bits per heavy atom. The van der Waals surface area contributed by atoms with Gasteiger partial charge in [-0.05, 0) is 56.2 Å². The highest BCUT2D eigenvalue weighted by Crippen LogP contribution is 2.48. The molecule has 1 aromatic carbocycles. The number of carbonyl (C=O) groups is 2. The van der Waals surface area contributed by atoms with Crippen LogP contribution < -0.4 is 0 Å². The molecule has 4 rings (SSSR count). The third-order valence-corrected chi connectivity index (χ3v) is 6.69. The van der Waals surface area contributed by atoms with E-state index in [1.807, 2.05) is 32.3 Å². The summed E-state index contributed by atoms with van der Waals surface area (Å²) in [6.45, 7) is 3.33. The molecule has 2 heterocycles. The summed E-state index contributed by atoms with van der Waals surface area (Å²) in [4.78, 5) is 31.4. The Labute approximate surface area is 162 Å². The van der Waals surface area contributed by atoms with Crippen LogP contribution in [0, 0.1) is 5.41 Å². The van der Waals surface area contributed by atoms with Crippen molar-refractivity contribution in [2.75, 3.05) is 40.3 Å². The summed E-state index contributed by atoms with van der Waals surface area (Å²) < 4.78 is 0. The van der Waals surface area contributed by atoms with Crippen molar-refractivity contribution in [1.82, 2.24) is 14.7 Å². The number of rotatable bonds is 4. The maximum absolute atomic E-state index is 13.2. The van der Waals surface area contributed by atoms with Crippen molar-refractivity contribution in [2.24, 2.45) is 5.41 Å². The highest BCUT2D eigenvalue weighted by atomic mass is 16.2. The first-order chi connectivity index (χ1) is 13.0. The number of amides is 2. The van der Waals surface area contributed by atoms with Gasteiger partial charge in [0.25, 0.3) is 0 Å². The van der Waals surface area contributed by atoms with Crippen LogP contribution in [0.25, 0.3) is 0 Å². The van der Waals surface area contributed by atoms with Gasteiger partial charge < -0.3 is 9.80 Å². The van der Waals surface area contributed by atoms with Gasteiger partial charge in [0.1, 0.15) is 0 Å². The van der Waals surface area contributed by atoms with Crippen molar-refractivity contribution in [3.63, 3.8) is 0 Å². The van der Waals surface area contributed by atoms with E-state index >= 15 is 0 Å². The zero-order valence-corrected chi connectivity index (χ0v) is 16.6. The lowest BCUT2D eigenvalue weighted by molar-refractivity contribution is -0.142. The minimum atomic E-state index is -0.00416. The molecule has 1 aliphatic carbocycles. The van der Waals surface area contributed by atoms with Gasteiger partial charge in [-0.3, -0.25) is 14.5 Å². The molecule has 5 nitrogen and oxygen atoms in total. The number of benzene rings is 1. The molecule has 1 aromatic rings. The van der Waals surface area contributed by atoms with Crippen LogP contribution in [-0.4, -0.2) is 72.8 Å². The van der Waals surface area contributed by atoms with E-state index in [4.69, 9.17) is 0 Å². The molecule has 1 unspecified atom stereocenters. The second kappa shape index (κ2) is 7.27. The van der Waals surface area contributed by atoms with Crippen LogP contribution in [-0.2, 0) is 9.59 Å². The van der Waals surface area contributed by atoms with Crippen molar-refractivity contribution >= 4 is 11.8 Å². The van der Waals surface area contributed by atoms with Crippen LogP contribution in [0.5, 0.6) is 0 Å². The number of hydrogen-bond donors (Lipinski definition) is 0. The fourth-order valence-electron chi connectivity index (χ4n) is 4.75. The average Bonchev–Trinajstić information content (AvgIpc) is 3.51. The molecule has 0 aromatic heterocycles. The quantitative estimate of drug-likeness (QED) is 0.818. The van der Waals surface area contributed by atoms with Crippen LogP contribution in [0.1, 0.15) is 43.6 Å². The number of likely N-dealkylation sites (N-methyl/N-ethyl adjacent to an activating group) is 1. The van der Waals surface area contributed by atoms with Crippen molar-refractivity contribution in [1.29, 1.82) is 0 Å². The maximum Gasteiger partial charge on any atom is 0.236 e. The monoisotopic (exact) mass is 369 g/mol. The van der Waals surface area contributed by atoms with E-state index in [-0.39, 0.29) is 17.2 Å². The molecule has 2 aliphatic heterocycles. The van der Waals surface area contributed by atoms with E-state index in [2.05, 4.69) is 21.9 Å². The van der Waals surface area contributed by atoms with E-state index in [0.717, 1.165) is 57.3 Å². The molecule has 0 bridgehead atoms. The van der Waals surface area contributed by atoms with Crippen molar-refractivity contribution in [3.8, 4) is 0 Å². The largest absolute Gasteiger partial charge is 0.348 e. The summed E-state index contributed by atoms with van der Waals surface area (Å²) in [6.07, 6.45) is 5.43. The fourth-order valence-corrected chi connectivity index (χ4v) is 4.75. The number of nitrogens with zero attached hydrogens (tertiary/aromatic N) is 3. The fraction of sp³-hybridized carbons (Fsp3) is 0.636. The molecule has 1 spiro atoms. The lowest BCUT2D eigenvalue weighted by Crippen LogP contribution is -2.55. The number of piperidine rings is 2. The molecule has 1 saturated carbocycles. The summed E-state index contributed by atoms with van der Waals surface area (Å²) in [5.74, 6) is 0.501. The summed E-state index contributed by atoms with van der Waals surface area (Å²) in [5.41, 5.74) is 1.37. The molecule has 146 valence electrons. The molecule has 3 fully saturated rings. The lowest BCUT2D eigenvalue weighted by Gasteiger charge is -2.50. The molecule has 5 heteroatoms. The van der Waals surface area contributed by atoms with Gasteiger partial charge in [-0.2, -0.15) is 0 Å². The summed E-state index contributed by atoms with van der Waals surface area (Å²) in [7, 11) is 3.64. The van der Waals surface area contributed by atoms with Crippen LogP contribution >= 0.6 is 0 Å². The highest BCUT2D eigenvalue weighted by molar-refractivity contribution is 5.85. The first kappa shape index (κ1) is 18.5. The molecule has 0 radical (unpaired) electrons. The minimum Gasteiger partial charge on any atom is -0.348 e. The normalized spacial score (nSPS) is 25.6. The first-order valence-electron chi connectivity index (χ1n) is 10.3. The summed E-state index contributed by atoms with van der Waals surface area (Å²) in [5, 5.41) is 0. The molecular formula is C22H31N3O2. The second-order valence-corrected chi connectivity index (χ2v) is 8.93. The number of hydrogen-bond acceptors (Lipinski definition) is 3. The van der Waals surface area contributed by atoms with Gasteiger partial charge in [-0.15, -0.1) is 0 Å². The minimum absolute atomic E-state index is 0.00416. The Hall–Kier alpha value is -1.88. The Kier molecular flexibility index (Phi) is 4.97. The standard InChI is InChI=1S/C22H31N3O2/c1-23(2)20(26)15-24-12-10-22(11-13-24)14-19(17-6-4-3-5-7-17)21(27)25(16-22)18-8-9-18/h3-7,18-19H,8-16H2,1-2H3. The van der Waals surface area contributed by atoms with Crippen molar-refractivity contribution < 1.29 is 9.59 Å². The van der Waals surface area contributed by atoms with Crippen LogP contribution in [0.2, 0.25) is 0 Å². The molecule has 2 amide bonds. The molecular weight excluding hydrogens is 338 g/mol. The first-order valence-corrected chi connectivity index (χ1v) is 10.3. The Morgan fingerprint density at radius 1 is 1.15 bits per heavy atom. The zero-order chi connectivity index (χ0) is 19.0. The highest BCUT2D eigenvalue weighted by Gasteiger charge is 2.49. The van der Waals surface area contributed by atoms with E-state index in [1.54, 1.807) is 4.90 Å². The average molecular weight is 370 g/mol. The van der Waals surface area contributed by atoms with Gasteiger partial charge in [-0.1, -0.05) is 30.3 Å². The molecule has 27 heavy (non-hydrogen) atoms. The SMILES string of the molecule is CN(C)C(=O)CN1CCC2(CC1)CC(c1ccccc1)C(=O)N(C1CC1)C2. The molecule has 0 N–H and O–H groups in total. The second-order valence-electron chi connectivity index (χ2n) is 8.93. The van der Waals surface area contributed by atoms with Gasteiger partial charge in [0, 0.05) is 26.7 Å². The van der Waals surface area contributed by atoms with Gasteiger partial charge in [-0.25, -0.2) is 0 Å². The molecule has 2 saturated heterocycles. The third kappa shape index (κ3) is 3.88. The third-order valence-electron chi connectivity index (χ3n) is 6.69. The molecule has 1 atom stereocenters. The van der Waals surface area contributed by atoms with Crippen molar-refractivity contribution in [3.05, 3.63) is 35.9 Å². The predicted octanol–water partition coefficient (Wildman–Crippen LogP) is 2.34. The van der Waals surface area contributed by atoms with E-state index in [9.17, 15) is 9.59 Å². The topological polar surface area (TPSA) is 43.9 Å². The summed E-state index contributed by atoms with van der Waals surface area (Å²) >= 11 is 0. The van der Waals surface area contributed by atoms with E-state index < -0.39 is 0 Å². The number of carbonyl (C=O) groups excluding carboxylic acids is 2. The van der Waals surface area contributed by atoms with Gasteiger partial charge in [0.2, 0.25) is 11.8 Å². The van der Waals surface area contributed by atoms with Crippen LogP contribution in [0.4, 0.5) is 0 Å².